The SMILES string of the molecule is CCCCCCCCCOC(=O)CCCCCCCN(CCCCCCCC(=O)OC(CCCCCCC)CCCCCCCC)CCCNC(=O)COC. The molecule has 1 N–H and O–H groups in total. The number of amides is 1. The molecule has 0 aliphatic carbocycles. The molecule has 0 aromatic rings. The summed E-state index contributed by atoms with van der Waals surface area (Å²) < 4.78 is 16.4. The van der Waals surface area contributed by atoms with E-state index in [1.807, 2.05) is 0 Å². The zero-order valence-electron chi connectivity index (χ0n) is 37.1. The number of rotatable bonds is 44. The number of nitrogens with one attached hydrogen (secondary N) is 1. The van der Waals surface area contributed by atoms with Gasteiger partial charge in [-0.2, -0.15) is 0 Å². The van der Waals surface area contributed by atoms with Gasteiger partial charge in [-0.1, -0.05) is 156 Å². The van der Waals surface area contributed by atoms with Gasteiger partial charge in [0.2, 0.25) is 5.91 Å². The van der Waals surface area contributed by atoms with Crippen LogP contribution in [0.1, 0.15) is 233 Å². The molecule has 55 heavy (non-hydrogen) atoms. The van der Waals surface area contributed by atoms with Gasteiger partial charge in [-0.05, 0) is 83.8 Å². The largest absolute Gasteiger partial charge is 0.466 e. The Hall–Kier alpha value is -1.67. The molecule has 0 saturated heterocycles. The van der Waals surface area contributed by atoms with Gasteiger partial charge in [-0.25, -0.2) is 0 Å². The summed E-state index contributed by atoms with van der Waals surface area (Å²) in [6.45, 7) is 11.2. The molecule has 0 aliphatic rings. The van der Waals surface area contributed by atoms with Crippen LogP contribution in [0.25, 0.3) is 0 Å². The third kappa shape index (κ3) is 40.3. The topological polar surface area (TPSA) is 94.2 Å². The van der Waals surface area contributed by atoms with Gasteiger partial charge in [0.05, 0.1) is 6.61 Å². The van der Waals surface area contributed by atoms with Crippen molar-refractivity contribution in [3.8, 4) is 0 Å². The van der Waals surface area contributed by atoms with Crippen molar-refractivity contribution in [2.45, 2.75) is 239 Å². The fourth-order valence-electron chi connectivity index (χ4n) is 7.27. The van der Waals surface area contributed by atoms with Crippen molar-refractivity contribution in [3.05, 3.63) is 0 Å². The number of nitrogens with zero attached hydrogens (tertiary/aromatic N) is 1. The fraction of sp³-hybridized carbons (Fsp3) is 0.936. The van der Waals surface area contributed by atoms with Crippen molar-refractivity contribution >= 4 is 17.8 Å². The average molecular weight is 781 g/mol. The highest BCUT2D eigenvalue weighted by Crippen LogP contribution is 2.18. The van der Waals surface area contributed by atoms with Crippen molar-refractivity contribution in [2.75, 3.05) is 46.5 Å². The summed E-state index contributed by atoms with van der Waals surface area (Å²) in [6.07, 6.45) is 37.6. The average Bonchev–Trinajstić information content (AvgIpc) is 3.17. The Kier molecular flexibility index (Phi) is 42.1. The minimum absolute atomic E-state index is 0.00652. The van der Waals surface area contributed by atoms with Crippen LogP contribution in [0, 0.1) is 0 Å². The Labute approximate surface area is 341 Å². The molecule has 1 atom stereocenters. The summed E-state index contributed by atoms with van der Waals surface area (Å²) in [5.74, 6) is -0.0898. The maximum Gasteiger partial charge on any atom is 0.306 e. The fourth-order valence-corrected chi connectivity index (χ4v) is 7.27. The lowest BCUT2D eigenvalue weighted by atomic mass is 10.0. The molecule has 0 bridgehead atoms. The molecule has 0 fully saturated rings. The summed E-state index contributed by atoms with van der Waals surface area (Å²) in [5.41, 5.74) is 0. The standard InChI is InChI=1S/C47H92N2O6/c1-5-8-11-14-16-25-32-42-54-46(51)36-28-21-17-23-30-39-49(41-33-38-48-45(50)43-53-4)40-31-24-18-22-29-37-47(52)55-44(34-26-19-13-10-7-3)35-27-20-15-12-9-6-2/h44H,5-43H2,1-4H3,(H,48,50). The molecule has 0 spiro atoms. The molecule has 326 valence electrons. The van der Waals surface area contributed by atoms with E-state index in [1.54, 1.807) is 7.11 Å². The summed E-state index contributed by atoms with van der Waals surface area (Å²) >= 11 is 0. The molecule has 0 heterocycles. The van der Waals surface area contributed by atoms with Crippen LogP contribution in [0.15, 0.2) is 0 Å². The molecule has 0 aromatic carbocycles. The molecule has 8 heteroatoms. The van der Waals surface area contributed by atoms with Gasteiger partial charge in [-0.15, -0.1) is 0 Å². The van der Waals surface area contributed by atoms with E-state index in [0.717, 1.165) is 103 Å². The predicted molar refractivity (Wildman–Crippen MR) is 232 cm³/mol. The highest BCUT2D eigenvalue weighted by Gasteiger charge is 2.14. The first-order valence-corrected chi connectivity index (χ1v) is 23.8. The maximum atomic E-state index is 12.8. The summed E-state index contributed by atoms with van der Waals surface area (Å²) in [6, 6.07) is 0. The minimum atomic E-state index is -0.0599. The van der Waals surface area contributed by atoms with Gasteiger partial charge >= 0.3 is 11.9 Å². The quantitative estimate of drug-likeness (QED) is 0.0486. The van der Waals surface area contributed by atoms with Crippen LogP contribution in [0.5, 0.6) is 0 Å². The smallest absolute Gasteiger partial charge is 0.306 e. The number of methoxy groups -OCH3 is 1. The third-order valence-electron chi connectivity index (χ3n) is 10.8. The lowest BCUT2D eigenvalue weighted by Gasteiger charge is -2.22. The number of carbonyl (C=O) groups excluding carboxylic acids is 3. The van der Waals surface area contributed by atoms with E-state index in [2.05, 4.69) is 31.0 Å². The number of hydrogen-bond acceptors (Lipinski definition) is 7. The van der Waals surface area contributed by atoms with E-state index in [4.69, 9.17) is 14.2 Å². The molecular formula is C47H92N2O6. The Morgan fingerprint density at radius 2 is 0.909 bits per heavy atom. The van der Waals surface area contributed by atoms with Crippen molar-refractivity contribution in [1.82, 2.24) is 10.2 Å². The van der Waals surface area contributed by atoms with Crippen molar-refractivity contribution in [3.63, 3.8) is 0 Å². The van der Waals surface area contributed by atoms with Gasteiger partial charge in [0.1, 0.15) is 12.7 Å². The van der Waals surface area contributed by atoms with Crippen molar-refractivity contribution in [1.29, 1.82) is 0 Å². The number of ether oxygens (including phenoxy) is 3. The summed E-state index contributed by atoms with van der Waals surface area (Å²) in [4.78, 5) is 39.2. The molecule has 8 nitrogen and oxygen atoms in total. The normalized spacial score (nSPS) is 11.9. The Morgan fingerprint density at radius 3 is 1.42 bits per heavy atom. The monoisotopic (exact) mass is 781 g/mol. The number of unbranched alkanes of at least 4 members (excludes halogenated alkanes) is 23. The first kappa shape index (κ1) is 53.3. The van der Waals surface area contributed by atoms with Crippen molar-refractivity contribution in [2.24, 2.45) is 0 Å². The molecule has 0 saturated carbocycles. The Morgan fingerprint density at radius 1 is 0.491 bits per heavy atom. The van der Waals surface area contributed by atoms with E-state index >= 15 is 0 Å². The molecule has 0 aromatic heterocycles. The van der Waals surface area contributed by atoms with E-state index in [9.17, 15) is 14.4 Å². The molecule has 1 amide bonds. The lowest BCUT2D eigenvalue weighted by Crippen LogP contribution is -2.32. The summed E-state index contributed by atoms with van der Waals surface area (Å²) in [5, 5.41) is 2.95. The predicted octanol–water partition coefficient (Wildman–Crippen LogP) is 12.4. The molecule has 1 unspecified atom stereocenters. The highest BCUT2D eigenvalue weighted by molar-refractivity contribution is 5.77. The van der Waals surface area contributed by atoms with Crippen LogP contribution in [0.2, 0.25) is 0 Å². The van der Waals surface area contributed by atoms with Gasteiger partial charge < -0.3 is 24.4 Å². The molecule has 0 rings (SSSR count). The first-order valence-electron chi connectivity index (χ1n) is 23.8. The van der Waals surface area contributed by atoms with Crippen molar-refractivity contribution < 1.29 is 28.6 Å². The number of carbonyl (C=O) groups is 3. The van der Waals surface area contributed by atoms with Gasteiger partial charge in [0, 0.05) is 26.5 Å². The minimum Gasteiger partial charge on any atom is -0.466 e. The second-order valence-corrected chi connectivity index (χ2v) is 16.2. The van der Waals surface area contributed by atoms with Crippen LogP contribution < -0.4 is 5.32 Å². The van der Waals surface area contributed by atoms with Gasteiger partial charge in [0.15, 0.2) is 0 Å². The Balaban J connectivity index is 4.32. The van der Waals surface area contributed by atoms with Gasteiger partial charge in [-0.3, -0.25) is 14.4 Å². The van der Waals surface area contributed by atoms with E-state index < -0.39 is 0 Å². The zero-order chi connectivity index (χ0) is 40.3. The second-order valence-electron chi connectivity index (χ2n) is 16.2. The van der Waals surface area contributed by atoms with Crippen LogP contribution in [-0.2, 0) is 28.6 Å². The maximum absolute atomic E-state index is 12.8. The van der Waals surface area contributed by atoms with Crippen LogP contribution in [0.3, 0.4) is 0 Å². The molecular weight excluding hydrogens is 689 g/mol. The first-order chi connectivity index (χ1) is 27.0. The summed E-state index contributed by atoms with van der Waals surface area (Å²) in [7, 11) is 1.54. The van der Waals surface area contributed by atoms with Crippen LogP contribution in [-0.4, -0.2) is 75.4 Å². The van der Waals surface area contributed by atoms with E-state index in [0.29, 0.717) is 26.0 Å². The van der Waals surface area contributed by atoms with E-state index in [-0.39, 0.29) is 30.6 Å². The number of esters is 2. The molecule has 0 aliphatic heterocycles. The van der Waals surface area contributed by atoms with Crippen LogP contribution in [0.4, 0.5) is 0 Å². The third-order valence-corrected chi connectivity index (χ3v) is 10.8. The Bertz CT molecular complexity index is 840. The van der Waals surface area contributed by atoms with E-state index in [1.165, 1.54) is 116 Å². The second kappa shape index (κ2) is 43.5. The number of hydrogen-bond donors (Lipinski definition) is 1. The highest BCUT2D eigenvalue weighted by atomic mass is 16.5. The molecule has 0 radical (unpaired) electrons. The van der Waals surface area contributed by atoms with Gasteiger partial charge in [0.25, 0.3) is 0 Å². The van der Waals surface area contributed by atoms with Crippen LogP contribution >= 0.6 is 0 Å². The lowest BCUT2D eigenvalue weighted by molar-refractivity contribution is -0.150. The zero-order valence-corrected chi connectivity index (χ0v) is 37.1.